The zero-order valence-electron chi connectivity index (χ0n) is 38.5. The monoisotopic (exact) mass is 804 g/mol. The van der Waals surface area contributed by atoms with E-state index in [1.165, 1.54) is 66.6 Å². The lowest BCUT2D eigenvalue weighted by Crippen LogP contribution is -2.60. The van der Waals surface area contributed by atoms with Crippen molar-refractivity contribution in [1.82, 2.24) is 29.2 Å². The molecule has 0 spiro atoms. The van der Waals surface area contributed by atoms with Crippen LogP contribution in [-0.4, -0.2) is 57.0 Å². The Morgan fingerprint density at radius 1 is 0.475 bits per heavy atom. The van der Waals surface area contributed by atoms with Gasteiger partial charge in [0.05, 0.1) is 22.8 Å². The van der Waals surface area contributed by atoms with Crippen LogP contribution < -0.4 is 26.6 Å². The zero-order chi connectivity index (χ0) is 43.3. The average molecular weight is 805 g/mol. The van der Waals surface area contributed by atoms with Crippen molar-refractivity contribution < 1.29 is 4.74 Å². The molecule has 0 aliphatic carbocycles. The van der Waals surface area contributed by atoms with Crippen LogP contribution in [0.5, 0.6) is 11.5 Å². The minimum atomic E-state index is -0.232. The summed E-state index contributed by atoms with van der Waals surface area (Å²) in [6, 6.07) is 26.5. The van der Waals surface area contributed by atoms with E-state index >= 15 is 0 Å². The molecule has 4 aromatic carbocycles. The highest BCUT2D eigenvalue weighted by Crippen LogP contribution is 2.52. The number of rotatable bonds is 4. The molecule has 0 bridgehead atoms. The Morgan fingerprint density at radius 2 is 0.836 bits per heavy atom. The average Bonchev–Trinajstić information content (AvgIpc) is 3.79. The van der Waals surface area contributed by atoms with E-state index in [-0.39, 0.29) is 35.4 Å². The van der Waals surface area contributed by atoms with E-state index in [1.54, 1.807) is 0 Å². The van der Waals surface area contributed by atoms with Gasteiger partial charge in [0.2, 0.25) is 0 Å². The van der Waals surface area contributed by atoms with Gasteiger partial charge < -0.3 is 14.4 Å². The molecular weight excluding hydrogens is 746 g/mol. The van der Waals surface area contributed by atoms with E-state index in [1.807, 2.05) is 0 Å². The van der Waals surface area contributed by atoms with Gasteiger partial charge in [-0.15, -0.1) is 0 Å². The second kappa shape index (κ2) is 12.9. The Bertz CT molecular complexity index is 2670. The van der Waals surface area contributed by atoms with Crippen LogP contribution in [-0.2, 0) is 21.7 Å². The van der Waals surface area contributed by atoms with Gasteiger partial charge in [-0.2, -0.15) is 10.2 Å². The van der Waals surface area contributed by atoms with Crippen LogP contribution in [0.2, 0.25) is 0 Å². The lowest BCUT2D eigenvalue weighted by atomic mass is 9.43. The van der Waals surface area contributed by atoms with E-state index in [2.05, 4.69) is 214 Å². The van der Waals surface area contributed by atoms with Gasteiger partial charge in [0.15, 0.2) is 0 Å². The molecule has 0 saturated carbocycles. The Kier molecular flexibility index (Phi) is 8.35. The van der Waals surface area contributed by atoms with Crippen LogP contribution in [0.1, 0.15) is 112 Å². The molecule has 4 aliphatic rings. The fourth-order valence-corrected chi connectivity index (χ4v) is 11.4. The normalized spacial score (nSPS) is 18.3. The Hall–Kier alpha value is -5.69. The van der Waals surface area contributed by atoms with Gasteiger partial charge in [-0.25, -0.2) is 9.36 Å². The van der Waals surface area contributed by atoms with E-state index in [4.69, 9.17) is 14.9 Å². The van der Waals surface area contributed by atoms with Crippen LogP contribution in [0, 0.1) is 27.7 Å². The molecule has 61 heavy (non-hydrogen) atoms. The summed E-state index contributed by atoms with van der Waals surface area (Å²) in [5, 5.41) is 10.9. The molecule has 0 unspecified atom stereocenters. The van der Waals surface area contributed by atoms with Gasteiger partial charge in [0.1, 0.15) is 11.5 Å². The Labute approximate surface area is 363 Å². The molecule has 0 N–H and O–H groups in total. The van der Waals surface area contributed by atoms with Crippen LogP contribution in [0.25, 0.3) is 23.5 Å². The molecule has 10 rings (SSSR count). The van der Waals surface area contributed by atoms with E-state index < -0.39 is 0 Å². The third-order valence-electron chi connectivity index (χ3n) is 16.1. The summed E-state index contributed by atoms with van der Waals surface area (Å²) in [5.74, 6) is 1.56. The van der Waals surface area contributed by atoms with Gasteiger partial charge in [0.25, 0.3) is 0 Å². The van der Waals surface area contributed by atoms with Crippen molar-refractivity contribution in [3.63, 3.8) is 0 Å². The quantitative estimate of drug-likeness (QED) is 0.168. The predicted octanol–water partition coefficient (Wildman–Crippen LogP) is 8.27. The summed E-state index contributed by atoms with van der Waals surface area (Å²) in [4.78, 5) is 4.72. The third kappa shape index (κ3) is 5.25. The van der Waals surface area contributed by atoms with Gasteiger partial charge in [-0.1, -0.05) is 126 Å². The fourth-order valence-electron chi connectivity index (χ4n) is 11.4. The molecule has 0 saturated heterocycles. The molecular formula is C52H58B2N6O. The minimum Gasteiger partial charge on any atom is -0.457 e. The SMILES string of the molecule is Cc1cccc(C)c1B1c2c(nn3c2C(C)(C)C(C)(C)c2ccc(Oc4ccc5c(c4)-n4nc6c(c4C(C)(C)C5(C)C)B(c4c(C)cccc4C)N(C)C=C6)cc2-3)C=CN1C. The van der Waals surface area contributed by atoms with Crippen molar-refractivity contribution in [2.24, 2.45) is 0 Å². The number of nitrogens with zero attached hydrogens (tertiary/aromatic N) is 6. The van der Waals surface area contributed by atoms with Crippen LogP contribution in [0.3, 0.4) is 0 Å². The lowest BCUT2D eigenvalue weighted by molar-refractivity contribution is 0.276. The largest absolute Gasteiger partial charge is 0.457 e. The van der Waals surface area contributed by atoms with Crippen molar-refractivity contribution in [1.29, 1.82) is 0 Å². The first kappa shape index (κ1) is 39.4. The van der Waals surface area contributed by atoms with Gasteiger partial charge in [-0.05, 0) is 111 Å². The van der Waals surface area contributed by atoms with Crippen molar-refractivity contribution in [2.75, 3.05) is 14.1 Å². The van der Waals surface area contributed by atoms with E-state index in [0.717, 1.165) is 34.3 Å². The van der Waals surface area contributed by atoms with Crippen LogP contribution in [0.4, 0.5) is 0 Å². The number of ether oxygens (including phenoxy) is 1. The molecule has 6 aromatic rings. The Morgan fingerprint density at radius 3 is 1.20 bits per heavy atom. The number of hydrogen-bond acceptors (Lipinski definition) is 5. The van der Waals surface area contributed by atoms with Crippen molar-refractivity contribution in [2.45, 2.75) is 105 Å². The smallest absolute Gasteiger partial charge is 0.327 e. The number of aromatic nitrogens is 4. The molecule has 0 radical (unpaired) electrons. The van der Waals surface area contributed by atoms with Gasteiger partial charge in [-0.3, -0.25) is 0 Å². The zero-order valence-corrected chi connectivity index (χ0v) is 38.5. The number of aryl methyl sites for hydroxylation is 4. The van der Waals surface area contributed by atoms with Crippen molar-refractivity contribution in [3.05, 3.63) is 141 Å². The highest BCUT2D eigenvalue weighted by atomic mass is 16.5. The summed E-state index contributed by atoms with van der Waals surface area (Å²) < 4.78 is 11.4. The number of fused-ring (bicyclic) bond motifs is 10. The van der Waals surface area contributed by atoms with Gasteiger partial charge >= 0.3 is 13.7 Å². The molecule has 4 aliphatic heterocycles. The third-order valence-corrected chi connectivity index (χ3v) is 16.1. The molecule has 7 nitrogen and oxygen atoms in total. The molecule has 0 fully saturated rings. The predicted molar refractivity (Wildman–Crippen MR) is 255 cm³/mol. The summed E-state index contributed by atoms with van der Waals surface area (Å²) in [6.07, 6.45) is 8.75. The second-order valence-corrected chi connectivity index (χ2v) is 20.5. The second-order valence-electron chi connectivity index (χ2n) is 20.5. The first-order valence-electron chi connectivity index (χ1n) is 21.9. The molecule has 0 amide bonds. The first-order valence-corrected chi connectivity index (χ1v) is 21.9. The Balaban J connectivity index is 1.10. The number of hydrogen-bond donors (Lipinski definition) is 0. The highest BCUT2D eigenvalue weighted by Gasteiger charge is 2.53. The van der Waals surface area contributed by atoms with Crippen LogP contribution in [0.15, 0.2) is 85.2 Å². The minimum absolute atomic E-state index is 0.0514. The molecule has 308 valence electrons. The van der Waals surface area contributed by atoms with Crippen molar-refractivity contribution in [3.8, 4) is 22.9 Å². The first-order chi connectivity index (χ1) is 28.8. The highest BCUT2D eigenvalue weighted by molar-refractivity contribution is 6.85. The van der Waals surface area contributed by atoms with Gasteiger partial charge in [0, 0.05) is 45.2 Å². The maximum absolute atomic E-state index is 6.94. The number of benzene rings is 4. The van der Waals surface area contributed by atoms with Crippen molar-refractivity contribution >= 4 is 47.7 Å². The summed E-state index contributed by atoms with van der Waals surface area (Å²) in [7, 11) is 4.39. The molecule has 9 heteroatoms. The standard InChI is InChI=1S/C52H58B2N6O/c1-31-17-15-18-32(2)43(31)53-45-39(25-27-57(53)13)55-59-41-29-35(21-23-37(41)49(5,6)51(9,10)47(45)59)61-36-22-24-38-42(30-36)60-48(52(11,12)50(38,7)8)46-40(56-60)26-28-58(14)54(46)44-33(3)19-16-20-34(44)4/h15-30H,1-14H3. The summed E-state index contributed by atoms with van der Waals surface area (Å²) >= 11 is 0. The maximum Gasteiger partial charge on any atom is 0.327 e. The fraction of sp³-hybridized carbons (Fsp3) is 0.346. The lowest BCUT2D eigenvalue weighted by Gasteiger charge is -2.48. The van der Waals surface area contributed by atoms with Crippen LogP contribution >= 0.6 is 0 Å². The summed E-state index contributed by atoms with van der Waals surface area (Å²) in [6.45, 7) is 28.2. The topological polar surface area (TPSA) is 51.4 Å². The van der Waals surface area contributed by atoms with E-state index in [9.17, 15) is 0 Å². The molecule has 6 heterocycles. The molecule has 2 aromatic heterocycles. The molecule has 0 atom stereocenters. The maximum atomic E-state index is 6.94. The summed E-state index contributed by atoms with van der Waals surface area (Å²) in [5.41, 5.74) is 18.8. The van der Waals surface area contributed by atoms with E-state index in [0.29, 0.717) is 0 Å².